The molecule has 2 aromatic rings. The highest BCUT2D eigenvalue weighted by Gasteiger charge is 2.15. The lowest BCUT2D eigenvalue weighted by molar-refractivity contribution is 0.0782. The maximum Gasteiger partial charge on any atom is 0.253 e. The van der Waals surface area contributed by atoms with Crippen LogP contribution in [0.4, 0.5) is 0 Å². The standard InChI is InChI=1S/C24H34N4O2/c1-26-22(9-6-15-25)18-28(2)24(30)21-12-10-19(11-13-21)14-16-27-17-23(29)20-7-4-3-5-8-20/h3-8,10-13,15,22-23,26-27,29H,9,14,16-18,25H2,1-2H3/b15-6-. The minimum absolute atomic E-state index is 0.00244. The van der Waals surface area contributed by atoms with Crippen molar-refractivity contribution >= 4 is 5.91 Å². The second kappa shape index (κ2) is 12.8. The Bertz CT molecular complexity index is 778. The maximum absolute atomic E-state index is 12.7. The monoisotopic (exact) mass is 410 g/mol. The third kappa shape index (κ3) is 7.63. The van der Waals surface area contributed by atoms with Crippen LogP contribution in [0.15, 0.2) is 66.9 Å². The van der Waals surface area contributed by atoms with E-state index in [9.17, 15) is 9.90 Å². The Morgan fingerprint density at radius 2 is 1.87 bits per heavy atom. The quantitative estimate of drug-likeness (QED) is 0.402. The van der Waals surface area contributed by atoms with Gasteiger partial charge in [-0.15, -0.1) is 0 Å². The molecule has 5 N–H and O–H groups in total. The van der Waals surface area contributed by atoms with E-state index in [-0.39, 0.29) is 11.9 Å². The minimum atomic E-state index is -0.511. The third-order valence-corrected chi connectivity index (χ3v) is 5.12. The Hall–Kier alpha value is -2.67. The predicted octanol–water partition coefficient (Wildman–Crippen LogP) is 2.07. The van der Waals surface area contributed by atoms with Crippen LogP contribution in [0.2, 0.25) is 0 Å². The molecule has 0 aliphatic heterocycles. The summed E-state index contributed by atoms with van der Waals surface area (Å²) < 4.78 is 0. The van der Waals surface area contributed by atoms with E-state index >= 15 is 0 Å². The number of nitrogens with one attached hydrogen (secondary N) is 2. The number of hydrogen-bond acceptors (Lipinski definition) is 5. The highest BCUT2D eigenvalue weighted by Crippen LogP contribution is 2.11. The fourth-order valence-corrected chi connectivity index (χ4v) is 3.24. The Morgan fingerprint density at radius 1 is 1.17 bits per heavy atom. The predicted molar refractivity (Wildman–Crippen MR) is 122 cm³/mol. The molecule has 6 nitrogen and oxygen atoms in total. The number of hydrogen-bond donors (Lipinski definition) is 4. The summed E-state index contributed by atoms with van der Waals surface area (Å²) in [5.41, 5.74) is 8.15. The summed E-state index contributed by atoms with van der Waals surface area (Å²) in [6.07, 6.45) is 4.52. The molecule has 0 bridgehead atoms. The maximum atomic E-state index is 12.7. The summed E-state index contributed by atoms with van der Waals surface area (Å²) in [4.78, 5) is 14.4. The number of rotatable bonds is 12. The van der Waals surface area contributed by atoms with E-state index in [2.05, 4.69) is 10.6 Å². The number of benzene rings is 2. The second-order valence-corrected chi connectivity index (χ2v) is 7.41. The lowest BCUT2D eigenvalue weighted by atomic mass is 10.1. The molecule has 2 aromatic carbocycles. The van der Waals surface area contributed by atoms with Gasteiger partial charge in [0.15, 0.2) is 0 Å². The van der Waals surface area contributed by atoms with Gasteiger partial charge in [-0.1, -0.05) is 48.5 Å². The molecule has 2 rings (SSSR count). The van der Waals surface area contributed by atoms with E-state index in [4.69, 9.17) is 5.73 Å². The van der Waals surface area contributed by atoms with E-state index in [1.54, 1.807) is 4.90 Å². The van der Waals surface area contributed by atoms with Crippen LogP contribution in [0.25, 0.3) is 0 Å². The zero-order valence-corrected chi connectivity index (χ0v) is 17.9. The van der Waals surface area contributed by atoms with Crippen molar-refractivity contribution in [3.05, 3.63) is 83.6 Å². The Kier molecular flexibility index (Phi) is 10.1. The number of carbonyl (C=O) groups is 1. The number of nitrogens with two attached hydrogens (primary N) is 1. The summed E-state index contributed by atoms with van der Waals surface area (Å²) >= 11 is 0. The molecule has 2 atom stereocenters. The van der Waals surface area contributed by atoms with E-state index in [1.165, 1.54) is 6.20 Å². The average molecular weight is 411 g/mol. The van der Waals surface area contributed by atoms with Gasteiger partial charge < -0.3 is 26.4 Å². The van der Waals surface area contributed by atoms with Crippen molar-refractivity contribution in [3.8, 4) is 0 Å². The molecular weight excluding hydrogens is 376 g/mol. The molecule has 0 aliphatic carbocycles. The molecule has 1 amide bonds. The molecule has 0 radical (unpaired) electrons. The van der Waals surface area contributed by atoms with Crippen LogP contribution in [0.3, 0.4) is 0 Å². The largest absolute Gasteiger partial charge is 0.405 e. The first-order chi connectivity index (χ1) is 14.5. The second-order valence-electron chi connectivity index (χ2n) is 7.41. The van der Waals surface area contributed by atoms with Crippen LogP contribution < -0.4 is 16.4 Å². The van der Waals surface area contributed by atoms with Gasteiger partial charge in [0.25, 0.3) is 5.91 Å². The molecule has 2 unspecified atom stereocenters. The Morgan fingerprint density at radius 3 is 2.50 bits per heavy atom. The summed E-state index contributed by atoms with van der Waals surface area (Å²) in [5.74, 6) is 0.00244. The molecule has 6 heteroatoms. The molecule has 0 saturated carbocycles. The van der Waals surface area contributed by atoms with E-state index in [1.807, 2.05) is 74.8 Å². The van der Waals surface area contributed by atoms with Gasteiger partial charge in [0.2, 0.25) is 0 Å². The number of likely N-dealkylation sites (N-methyl/N-ethyl adjacent to an activating group) is 2. The van der Waals surface area contributed by atoms with E-state index < -0.39 is 6.10 Å². The van der Waals surface area contributed by atoms with Crippen LogP contribution >= 0.6 is 0 Å². The highest BCUT2D eigenvalue weighted by molar-refractivity contribution is 5.94. The van der Waals surface area contributed by atoms with Gasteiger partial charge in [0.05, 0.1) is 6.10 Å². The van der Waals surface area contributed by atoms with Gasteiger partial charge in [-0.05, 0) is 55.9 Å². The van der Waals surface area contributed by atoms with Gasteiger partial charge >= 0.3 is 0 Å². The summed E-state index contributed by atoms with van der Waals surface area (Å²) in [7, 11) is 3.70. The molecule has 0 aromatic heterocycles. The summed E-state index contributed by atoms with van der Waals surface area (Å²) in [6, 6.07) is 17.5. The smallest absolute Gasteiger partial charge is 0.253 e. The molecule has 0 fully saturated rings. The van der Waals surface area contributed by atoms with Crippen molar-refractivity contribution in [2.75, 3.05) is 33.7 Å². The van der Waals surface area contributed by atoms with Gasteiger partial charge in [0, 0.05) is 31.7 Å². The normalized spacial score (nSPS) is 13.3. The lowest BCUT2D eigenvalue weighted by Crippen LogP contribution is -2.40. The van der Waals surface area contributed by atoms with Crippen LogP contribution in [0.1, 0.15) is 34.0 Å². The number of aliphatic hydroxyl groups excluding tert-OH is 1. The van der Waals surface area contributed by atoms with E-state index in [0.717, 1.165) is 30.5 Å². The molecule has 0 aliphatic rings. The summed E-state index contributed by atoms with van der Waals surface area (Å²) in [5, 5.41) is 16.7. The number of nitrogens with zero attached hydrogens (tertiary/aromatic N) is 1. The number of aliphatic hydroxyl groups is 1. The van der Waals surface area contributed by atoms with Crippen molar-refractivity contribution in [1.82, 2.24) is 15.5 Å². The third-order valence-electron chi connectivity index (χ3n) is 5.12. The summed E-state index contributed by atoms with van der Waals surface area (Å²) in [6.45, 7) is 1.88. The van der Waals surface area contributed by atoms with Crippen LogP contribution in [0.5, 0.6) is 0 Å². The Labute approximate surface area is 179 Å². The van der Waals surface area contributed by atoms with Crippen molar-refractivity contribution in [3.63, 3.8) is 0 Å². The Balaban J connectivity index is 1.77. The molecule has 0 heterocycles. The fraction of sp³-hybridized carbons (Fsp3) is 0.375. The molecule has 162 valence electrons. The van der Waals surface area contributed by atoms with Gasteiger partial charge in [-0.2, -0.15) is 0 Å². The molecule has 0 saturated heterocycles. The first kappa shape index (κ1) is 23.6. The minimum Gasteiger partial charge on any atom is -0.405 e. The SMILES string of the molecule is CNC(C/C=C\N)CN(C)C(=O)c1ccc(CCNCC(O)c2ccccc2)cc1. The van der Waals surface area contributed by atoms with E-state index in [0.29, 0.717) is 18.7 Å². The molecular formula is C24H34N4O2. The van der Waals surface area contributed by atoms with Crippen molar-refractivity contribution in [2.45, 2.75) is 25.0 Å². The van der Waals surface area contributed by atoms with Crippen LogP contribution in [-0.2, 0) is 6.42 Å². The lowest BCUT2D eigenvalue weighted by Gasteiger charge is -2.23. The van der Waals surface area contributed by atoms with Gasteiger partial charge in [-0.25, -0.2) is 0 Å². The molecule has 0 spiro atoms. The topological polar surface area (TPSA) is 90.6 Å². The van der Waals surface area contributed by atoms with Crippen molar-refractivity contribution in [1.29, 1.82) is 0 Å². The first-order valence-electron chi connectivity index (χ1n) is 10.4. The van der Waals surface area contributed by atoms with Crippen LogP contribution in [-0.4, -0.2) is 55.7 Å². The average Bonchev–Trinajstić information content (AvgIpc) is 2.79. The highest BCUT2D eigenvalue weighted by atomic mass is 16.3. The fourth-order valence-electron chi connectivity index (χ4n) is 3.24. The number of amides is 1. The number of carbonyl (C=O) groups excluding carboxylic acids is 1. The van der Waals surface area contributed by atoms with Crippen LogP contribution in [0, 0.1) is 0 Å². The van der Waals surface area contributed by atoms with Gasteiger partial charge in [-0.3, -0.25) is 4.79 Å². The zero-order chi connectivity index (χ0) is 21.8. The van der Waals surface area contributed by atoms with Gasteiger partial charge in [0.1, 0.15) is 0 Å². The van der Waals surface area contributed by atoms with Crippen molar-refractivity contribution < 1.29 is 9.90 Å². The molecule has 30 heavy (non-hydrogen) atoms. The first-order valence-corrected chi connectivity index (χ1v) is 10.4. The van der Waals surface area contributed by atoms with Crippen molar-refractivity contribution in [2.24, 2.45) is 5.73 Å². The zero-order valence-electron chi connectivity index (χ0n) is 17.9.